The lowest BCUT2D eigenvalue weighted by atomic mass is 10.3. The van der Waals surface area contributed by atoms with Crippen LogP contribution in [0.25, 0.3) is 11.6 Å². The topological polar surface area (TPSA) is 106 Å². The zero-order valence-electron chi connectivity index (χ0n) is 7.44. The summed E-state index contributed by atoms with van der Waals surface area (Å²) in [6.07, 6.45) is 4.94. The normalized spacial score (nSPS) is 10.4. The highest BCUT2D eigenvalue weighted by Crippen LogP contribution is 2.12. The molecule has 0 aliphatic rings. The third-order valence-corrected chi connectivity index (χ3v) is 1.83. The van der Waals surface area contributed by atoms with Crippen molar-refractivity contribution in [2.45, 2.75) is 6.54 Å². The molecule has 6 nitrogen and oxygen atoms in total. The highest BCUT2D eigenvalue weighted by Gasteiger charge is 2.06. The third-order valence-electron chi connectivity index (χ3n) is 1.83. The SMILES string of the molecule is NCc1cnc(-c2ncc[nH]2)nc1N. The molecule has 2 aromatic rings. The standard InChI is InChI=1S/C8H10N6/c9-3-5-4-13-8(14-6(5)10)7-11-1-2-12-7/h1-2,4H,3,9H2,(H,11,12)(H2,10,13,14). The van der Waals surface area contributed by atoms with Gasteiger partial charge < -0.3 is 16.5 Å². The molecular formula is C8H10N6. The second-order valence-electron chi connectivity index (χ2n) is 2.75. The summed E-state index contributed by atoms with van der Waals surface area (Å²) < 4.78 is 0. The highest BCUT2D eigenvalue weighted by atomic mass is 15.0. The van der Waals surface area contributed by atoms with E-state index in [9.17, 15) is 0 Å². The number of hydrogen-bond donors (Lipinski definition) is 3. The van der Waals surface area contributed by atoms with E-state index >= 15 is 0 Å². The lowest BCUT2D eigenvalue weighted by molar-refractivity contribution is 1.01. The van der Waals surface area contributed by atoms with Gasteiger partial charge in [-0.25, -0.2) is 15.0 Å². The van der Waals surface area contributed by atoms with Crippen LogP contribution in [-0.4, -0.2) is 19.9 Å². The molecule has 14 heavy (non-hydrogen) atoms. The van der Waals surface area contributed by atoms with E-state index in [2.05, 4.69) is 19.9 Å². The van der Waals surface area contributed by atoms with Crippen molar-refractivity contribution in [1.29, 1.82) is 0 Å². The van der Waals surface area contributed by atoms with Crippen molar-refractivity contribution in [1.82, 2.24) is 19.9 Å². The molecule has 2 heterocycles. The lowest BCUT2D eigenvalue weighted by Gasteiger charge is -2.02. The predicted molar refractivity (Wildman–Crippen MR) is 51.9 cm³/mol. The Kier molecular flexibility index (Phi) is 2.11. The minimum atomic E-state index is 0.338. The molecule has 0 aliphatic carbocycles. The van der Waals surface area contributed by atoms with E-state index in [0.717, 1.165) is 5.56 Å². The molecule has 0 saturated heterocycles. The van der Waals surface area contributed by atoms with Gasteiger partial charge in [-0.15, -0.1) is 0 Å². The van der Waals surface area contributed by atoms with Crippen LogP contribution in [0.15, 0.2) is 18.6 Å². The fourth-order valence-electron chi connectivity index (χ4n) is 1.08. The van der Waals surface area contributed by atoms with E-state index in [1.807, 2.05) is 0 Å². The second kappa shape index (κ2) is 3.43. The first-order valence-electron chi connectivity index (χ1n) is 4.12. The highest BCUT2D eigenvalue weighted by molar-refractivity contribution is 5.49. The van der Waals surface area contributed by atoms with Crippen LogP contribution in [-0.2, 0) is 6.54 Å². The summed E-state index contributed by atoms with van der Waals surface area (Å²) in [6.45, 7) is 0.338. The molecular weight excluding hydrogens is 180 g/mol. The Bertz CT molecular complexity index is 421. The van der Waals surface area contributed by atoms with Crippen LogP contribution in [0, 0.1) is 0 Å². The first kappa shape index (κ1) is 8.64. The van der Waals surface area contributed by atoms with Crippen molar-refractivity contribution in [3.05, 3.63) is 24.2 Å². The number of anilines is 1. The van der Waals surface area contributed by atoms with Crippen LogP contribution in [0.4, 0.5) is 5.82 Å². The average Bonchev–Trinajstić information content (AvgIpc) is 2.70. The van der Waals surface area contributed by atoms with Crippen molar-refractivity contribution in [3.8, 4) is 11.6 Å². The zero-order chi connectivity index (χ0) is 9.97. The van der Waals surface area contributed by atoms with Gasteiger partial charge in [0.15, 0.2) is 11.6 Å². The predicted octanol–water partition coefficient (Wildman–Crippen LogP) is -0.0924. The molecule has 5 N–H and O–H groups in total. The van der Waals surface area contributed by atoms with E-state index in [-0.39, 0.29) is 0 Å². The fourth-order valence-corrected chi connectivity index (χ4v) is 1.08. The average molecular weight is 190 g/mol. The minimum absolute atomic E-state index is 0.338. The summed E-state index contributed by atoms with van der Waals surface area (Å²) in [5, 5.41) is 0. The Balaban J connectivity index is 2.43. The van der Waals surface area contributed by atoms with Crippen LogP contribution in [0.3, 0.4) is 0 Å². The van der Waals surface area contributed by atoms with Gasteiger partial charge in [-0.3, -0.25) is 0 Å². The van der Waals surface area contributed by atoms with Gasteiger partial charge in [0.2, 0.25) is 0 Å². The van der Waals surface area contributed by atoms with Crippen molar-refractivity contribution >= 4 is 5.82 Å². The third kappa shape index (κ3) is 1.42. The summed E-state index contributed by atoms with van der Waals surface area (Å²) in [6, 6.07) is 0. The van der Waals surface area contributed by atoms with E-state index in [0.29, 0.717) is 24.0 Å². The Morgan fingerprint density at radius 2 is 2.21 bits per heavy atom. The molecule has 0 aliphatic heterocycles. The van der Waals surface area contributed by atoms with Crippen LogP contribution in [0.1, 0.15) is 5.56 Å². The molecule has 6 heteroatoms. The largest absolute Gasteiger partial charge is 0.383 e. The molecule has 0 atom stereocenters. The number of rotatable bonds is 2. The molecule has 72 valence electrons. The van der Waals surface area contributed by atoms with Gasteiger partial charge in [0.1, 0.15) is 5.82 Å². The summed E-state index contributed by atoms with van der Waals surface area (Å²) >= 11 is 0. The number of H-pyrrole nitrogens is 1. The quantitative estimate of drug-likeness (QED) is 0.613. The van der Waals surface area contributed by atoms with Gasteiger partial charge in [0.25, 0.3) is 0 Å². The fraction of sp³-hybridized carbons (Fsp3) is 0.125. The number of nitrogen functional groups attached to an aromatic ring is 1. The van der Waals surface area contributed by atoms with Gasteiger partial charge in [0, 0.05) is 30.7 Å². The Hall–Kier alpha value is -1.95. The molecule has 0 spiro atoms. The smallest absolute Gasteiger partial charge is 0.197 e. The molecule has 0 bridgehead atoms. The summed E-state index contributed by atoms with van der Waals surface area (Å²) in [4.78, 5) is 15.1. The van der Waals surface area contributed by atoms with Crippen molar-refractivity contribution < 1.29 is 0 Å². The number of aromatic nitrogens is 4. The molecule has 0 aromatic carbocycles. The Morgan fingerprint density at radius 1 is 1.36 bits per heavy atom. The molecule has 2 aromatic heterocycles. The maximum Gasteiger partial charge on any atom is 0.197 e. The van der Waals surface area contributed by atoms with Crippen LogP contribution < -0.4 is 11.5 Å². The lowest BCUT2D eigenvalue weighted by Crippen LogP contribution is -2.06. The molecule has 0 fully saturated rings. The summed E-state index contributed by atoms with van der Waals surface area (Å²) in [5.74, 6) is 1.47. The summed E-state index contributed by atoms with van der Waals surface area (Å²) in [5.41, 5.74) is 11.8. The van der Waals surface area contributed by atoms with Gasteiger partial charge in [-0.05, 0) is 0 Å². The first-order chi connectivity index (χ1) is 6.81. The monoisotopic (exact) mass is 190 g/mol. The molecule has 2 rings (SSSR count). The van der Waals surface area contributed by atoms with E-state index in [1.165, 1.54) is 0 Å². The number of nitrogens with one attached hydrogen (secondary N) is 1. The van der Waals surface area contributed by atoms with Crippen molar-refractivity contribution in [2.75, 3.05) is 5.73 Å². The molecule has 0 amide bonds. The van der Waals surface area contributed by atoms with Gasteiger partial charge in [0.05, 0.1) is 0 Å². The number of hydrogen-bond acceptors (Lipinski definition) is 5. The van der Waals surface area contributed by atoms with Gasteiger partial charge in [-0.1, -0.05) is 0 Å². The van der Waals surface area contributed by atoms with E-state index < -0.39 is 0 Å². The maximum atomic E-state index is 5.67. The number of nitrogens with two attached hydrogens (primary N) is 2. The summed E-state index contributed by atoms with van der Waals surface area (Å²) in [7, 11) is 0. The second-order valence-corrected chi connectivity index (χ2v) is 2.75. The van der Waals surface area contributed by atoms with E-state index in [1.54, 1.807) is 18.6 Å². The van der Waals surface area contributed by atoms with Crippen molar-refractivity contribution in [2.24, 2.45) is 5.73 Å². The number of nitrogens with zero attached hydrogens (tertiary/aromatic N) is 3. The Labute approximate surface area is 80.4 Å². The number of imidazole rings is 1. The molecule has 0 unspecified atom stereocenters. The molecule has 0 radical (unpaired) electrons. The van der Waals surface area contributed by atoms with Gasteiger partial charge in [-0.2, -0.15) is 0 Å². The minimum Gasteiger partial charge on any atom is -0.383 e. The van der Waals surface area contributed by atoms with Crippen LogP contribution in [0.5, 0.6) is 0 Å². The first-order valence-corrected chi connectivity index (χ1v) is 4.12. The van der Waals surface area contributed by atoms with E-state index in [4.69, 9.17) is 11.5 Å². The van der Waals surface area contributed by atoms with Gasteiger partial charge >= 0.3 is 0 Å². The maximum absolute atomic E-state index is 5.67. The zero-order valence-corrected chi connectivity index (χ0v) is 7.44. The van der Waals surface area contributed by atoms with Crippen LogP contribution >= 0.6 is 0 Å². The van der Waals surface area contributed by atoms with Crippen LogP contribution in [0.2, 0.25) is 0 Å². The number of aromatic amines is 1. The Morgan fingerprint density at radius 3 is 2.79 bits per heavy atom. The molecule has 0 saturated carbocycles. The van der Waals surface area contributed by atoms with Crippen molar-refractivity contribution in [3.63, 3.8) is 0 Å².